The minimum atomic E-state index is 0.185. The van der Waals surface area contributed by atoms with Crippen molar-refractivity contribution in [1.29, 1.82) is 0 Å². The Bertz CT molecular complexity index is 723. The van der Waals surface area contributed by atoms with E-state index in [-0.39, 0.29) is 12.4 Å². The number of aromatic hydroxyl groups is 1. The van der Waals surface area contributed by atoms with Crippen LogP contribution in [-0.4, -0.2) is 15.2 Å². The maximum atomic E-state index is 9.24. The highest BCUT2D eigenvalue weighted by Crippen LogP contribution is 2.21. The summed E-state index contributed by atoms with van der Waals surface area (Å²) in [6.45, 7) is 0.198. The summed E-state index contributed by atoms with van der Waals surface area (Å²) < 4.78 is 10.7. The van der Waals surface area contributed by atoms with Crippen molar-refractivity contribution in [3.05, 3.63) is 59.4 Å². The monoisotopic (exact) mass is 302 g/mol. The van der Waals surface area contributed by atoms with E-state index in [2.05, 4.69) is 10.1 Å². The number of nitrogens with zero attached hydrogens (tertiary/aromatic N) is 2. The molecule has 0 fully saturated rings. The third kappa shape index (κ3) is 3.32. The summed E-state index contributed by atoms with van der Waals surface area (Å²) in [5.41, 5.74) is 0.734. The Kier molecular flexibility index (Phi) is 3.75. The van der Waals surface area contributed by atoms with Crippen LogP contribution in [0.4, 0.5) is 0 Å². The summed E-state index contributed by atoms with van der Waals surface area (Å²) in [5.74, 6) is 1.68. The molecule has 21 heavy (non-hydrogen) atoms. The molecule has 0 aliphatic rings. The highest BCUT2D eigenvalue weighted by atomic mass is 35.5. The summed E-state index contributed by atoms with van der Waals surface area (Å²) in [6, 6.07) is 13.5. The minimum Gasteiger partial charge on any atom is -0.508 e. The molecule has 2 aromatic carbocycles. The smallest absolute Gasteiger partial charge is 0.258 e. The van der Waals surface area contributed by atoms with Crippen LogP contribution in [0, 0.1) is 0 Å². The Balaban J connectivity index is 1.67. The van der Waals surface area contributed by atoms with Crippen molar-refractivity contribution in [2.45, 2.75) is 6.61 Å². The first-order valence-electron chi connectivity index (χ1n) is 6.21. The van der Waals surface area contributed by atoms with E-state index in [4.69, 9.17) is 20.9 Å². The number of halogens is 1. The van der Waals surface area contributed by atoms with Gasteiger partial charge in [-0.15, -0.1) is 0 Å². The molecule has 0 saturated carbocycles. The van der Waals surface area contributed by atoms with Crippen molar-refractivity contribution in [1.82, 2.24) is 10.1 Å². The number of phenols is 1. The average Bonchev–Trinajstić information content (AvgIpc) is 2.96. The van der Waals surface area contributed by atoms with Gasteiger partial charge in [-0.25, -0.2) is 0 Å². The number of hydrogen-bond donors (Lipinski definition) is 1. The zero-order chi connectivity index (χ0) is 14.7. The summed E-state index contributed by atoms with van der Waals surface area (Å²) in [7, 11) is 0. The molecule has 0 bridgehead atoms. The SMILES string of the molecule is Oc1ccc(-c2nc(COc3ccc(Cl)cc3)no2)cc1. The highest BCUT2D eigenvalue weighted by Gasteiger charge is 2.09. The van der Waals surface area contributed by atoms with Crippen LogP contribution in [0.1, 0.15) is 5.82 Å². The van der Waals surface area contributed by atoms with Gasteiger partial charge in [0.25, 0.3) is 5.89 Å². The predicted molar refractivity (Wildman–Crippen MR) is 77.2 cm³/mol. The largest absolute Gasteiger partial charge is 0.508 e. The molecule has 0 saturated heterocycles. The van der Waals surface area contributed by atoms with Gasteiger partial charge in [-0.05, 0) is 48.5 Å². The van der Waals surface area contributed by atoms with Crippen LogP contribution in [0.15, 0.2) is 53.1 Å². The molecule has 1 N–H and O–H groups in total. The first-order chi connectivity index (χ1) is 10.2. The molecule has 1 heterocycles. The zero-order valence-corrected chi connectivity index (χ0v) is 11.6. The van der Waals surface area contributed by atoms with Crippen molar-refractivity contribution >= 4 is 11.6 Å². The molecular formula is C15H11ClN2O3. The quantitative estimate of drug-likeness (QED) is 0.796. The molecule has 6 heteroatoms. The van der Waals surface area contributed by atoms with Crippen LogP contribution in [0.25, 0.3) is 11.5 Å². The van der Waals surface area contributed by atoms with Gasteiger partial charge in [-0.2, -0.15) is 4.98 Å². The van der Waals surface area contributed by atoms with Crippen LogP contribution in [0.2, 0.25) is 5.02 Å². The Morgan fingerprint density at radius 2 is 1.76 bits per heavy atom. The normalized spacial score (nSPS) is 10.5. The van der Waals surface area contributed by atoms with Gasteiger partial charge in [-0.1, -0.05) is 16.8 Å². The second-order valence-electron chi connectivity index (χ2n) is 4.31. The molecule has 0 amide bonds. The topological polar surface area (TPSA) is 68.4 Å². The lowest BCUT2D eigenvalue weighted by Gasteiger charge is -2.02. The number of ether oxygens (including phenoxy) is 1. The Hall–Kier alpha value is -2.53. The van der Waals surface area contributed by atoms with E-state index in [0.717, 1.165) is 5.56 Å². The van der Waals surface area contributed by atoms with Gasteiger partial charge in [0.15, 0.2) is 6.61 Å². The van der Waals surface area contributed by atoms with E-state index in [1.165, 1.54) is 0 Å². The number of aromatic nitrogens is 2. The number of hydrogen-bond acceptors (Lipinski definition) is 5. The van der Waals surface area contributed by atoms with Gasteiger partial charge >= 0.3 is 0 Å². The fourth-order valence-corrected chi connectivity index (χ4v) is 1.84. The number of rotatable bonds is 4. The average molecular weight is 303 g/mol. The number of benzene rings is 2. The molecule has 0 aliphatic carbocycles. The third-order valence-electron chi connectivity index (χ3n) is 2.76. The molecule has 5 nitrogen and oxygen atoms in total. The van der Waals surface area contributed by atoms with Gasteiger partial charge in [0.2, 0.25) is 5.82 Å². The molecule has 0 unspecified atom stereocenters. The van der Waals surface area contributed by atoms with E-state index >= 15 is 0 Å². The lowest BCUT2D eigenvalue weighted by molar-refractivity contribution is 0.287. The molecule has 0 atom stereocenters. The lowest BCUT2D eigenvalue weighted by atomic mass is 10.2. The Morgan fingerprint density at radius 1 is 1.05 bits per heavy atom. The maximum Gasteiger partial charge on any atom is 0.258 e. The summed E-state index contributed by atoms with van der Waals surface area (Å²) in [4.78, 5) is 4.23. The Labute approximate surface area is 125 Å². The van der Waals surface area contributed by atoms with E-state index in [0.29, 0.717) is 22.5 Å². The molecule has 0 radical (unpaired) electrons. The molecule has 0 spiro atoms. The first kappa shape index (κ1) is 13.5. The second-order valence-corrected chi connectivity index (χ2v) is 4.74. The summed E-state index contributed by atoms with van der Waals surface area (Å²) in [5, 5.41) is 13.7. The fraction of sp³-hybridized carbons (Fsp3) is 0.0667. The third-order valence-corrected chi connectivity index (χ3v) is 3.02. The standard InChI is InChI=1S/C15H11ClN2O3/c16-11-3-7-13(8-4-11)20-9-14-17-15(21-18-14)10-1-5-12(19)6-2-10/h1-8,19H,9H2. The van der Waals surface area contributed by atoms with E-state index in [1.54, 1.807) is 48.5 Å². The van der Waals surface area contributed by atoms with Gasteiger partial charge in [-0.3, -0.25) is 0 Å². The van der Waals surface area contributed by atoms with Gasteiger partial charge in [0.1, 0.15) is 11.5 Å². The first-order valence-corrected chi connectivity index (χ1v) is 6.59. The van der Waals surface area contributed by atoms with Gasteiger partial charge < -0.3 is 14.4 Å². The van der Waals surface area contributed by atoms with E-state index < -0.39 is 0 Å². The molecule has 106 valence electrons. The molecule has 3 rings (SSSR count). The maximum absolute atomic E-state index is 9.24. The van der Waals surface area contributed by atoms with Crippen molar-refractivity contribution in [3.8, 4) is 23.0 Å². The summed E-state index contributed by atoms with van der Waals surface area (Å²) >= 11 is 5.80. The van der Waals surface area contributed by atoms with Gasteiger partial charge in [0, 0.05) is 10.6 Å². The van der Waals surface area contributed by atoms with E-state index in [9.17, 15) is 5.11 Å². The van der Waals surface area contributed by atoms with Crippen molar-refractivity contribution in [2.24, 2.45) is 0 Å². The van der Waals surface area contributed by atoms with Crippen LogP contribution in [0.3, 0.4) is 0 Å². The molecular weight excluding hydrogens is 292 g/mol. The van der Waals surface area contributed by atoms with Crippen LogP contribution in [-0.2, 0) is 6.61 Å². The van der Waals surface area contributed by atoms with Crippen molar-refractivity contribution in [3.63, 3.8) is 0 Å². The second kappa shape index (κ2) is 5.85. The molecule has 1 aromatic heterocycles. The Morgan fingerprint density at radius 3 is 2.48 bits per heavy atom. The van der Waals surface area contributed by atoms with Crippen LogP contribution >= 0.6 is 11.6 Å². The number of phenolic OH excluding ortho intramolecular Hbond substituents is 1. The van der Waals surface area contributed by atoms with Crippen LogP contribution in [0.5, 0.6) is 11.5 Å². The van der Waals surface area contributed by atoms with Crippen molar-refractivity contribution < 1.29 is 14.4 Å². The minimum absolute atomic E-state index is 0.185. The lowest BCUT2D eigenvalue weighted by Crippen LogP contribution is -1.97. The fourth-order valence-electron chi connectivity index (χ4n) is 1.71. The van der Waals surface area contributed by atoms with E-state index in [1.807, 2.05) is 0 Å². The highest BCUT2D eigenvalue weighted by molar-refractivity contribution is 6.30. The van der Waals surface area contributed by atoms with Crippen molar-refractivity contribution in [2.75, 3.05) is 0 Å². The van der Waals surface area contributed by atoms with Crippen LogP contribution < -0.4 is 4.74 Å². The summed E-state index contributed by atoms with van der Waals surface area (Å²) in [6.07, 6.45) is 0. The zero-order valence-electron chi connectivity index (χ0n) is 10.9. The predicted octanol–water partition coefficient (Wildman–Crippen LogP) is 3.67. The molecule has 3 aromatic rings. The molecule has 0 aliphatic heterocycles. The van der Waals surface area contributed by atoms with Gasteiger partial charge in [0.05, 0.1) is 0 Å².